The Morgan fingerprint density at radius 1 is 0.862 bits per heavy atom. The Bertz CT molecular complexity index is 819. The van der Waals surface area contributed by atoms with Crippen LogP contribution in [0.15, 0.2) is 42.5 Å². The number of nitrogens with zero attached hydrogens (tertiary/aromatic N) is 2. The number of piperazine rings is 1. The molecule has 1 aliphatic heterocycles. The lowest BCUT2D eigenvalue weighted by Crippen LogP contribution is -2.48. The second-order valence-corrected chi connectivity index (χ2v) is 6.99. The van der Waals surface area contributed by atoms with Crippen molar-refractivity contribution in [3.63, 3.8) is 0 Å². The molecule has 0 aliphatic carbocycles. The second kappa shape index (κ2) is 10.1. The molecule has 1 saturated heterocycles. The Hall–Kier alpha value is -2.77. The number of ether oxygens (including phenoxy) is 3. The highest BCUT2D eigenvalue weighted by Gasteiger charge is 2.20. The van der Waals surface area contributed by atoms with Crippen LogP contribution in [0.2, 0.25) is 0 Å². The molecule has 0 atom stereocenters. The maximum Gasteiger partial charge on any atom is 0.238 e. The Labute approximate surface area is 172 Å². The minimum absolute atomic E-state index is 0.0251. The summed E-state index contributed by atoms with van der Waals surface area (Å²) in [5.74, 6) is 2.13. The maximum absolute atomic E-state index is 12.4. The van der Waals surface area contributed by atoms with E-state index in [0.29, 0.717) is 18.0 Å². The Kier molecular flexibility index (Phi) is 7.32. The smallest absolute Gasteiger partial charge is 0.238 e. The van der Waals surface area contributed by atoms with E-state index in [1.165, 1.54) is 5.56 Å². The number of carbonyl (C=O) groups excluding carboxylic acids is 1. The van der Waals surface area contributed by atoms with Crippen molar-refractivity contribution in [2.75, 3.05) is 59.4 Å². The fourth-order valence-corrected chi connectivity index (χ4v) is 3.48. The first-order chi connectivity index (χ1) is 14.1. The molecule has 3 rings (SSSR count). The first-order valence-electron chi connectivity index (χ1n) is 9.71. The van der Waals surface area contributed by atoms with E-state index >= 15 is 0 Å². The summed E-state index contributed by atoms with van der Waals surface area (Å²) in [6, 6.07) is 13.5. The van der Waals surface area contributed by atoms with Crippen molar-refractivity contribution in [1.82, 2.24) is 9.80 Å². The summed E-state index contributed by atoms with van der Waals surface area (Å²) < 4.78 is 16.0. The van der Waals surface area contributed by atoms with Crippen molar-refractivity contribution < 1.29 is 19.0 Å². The van der Waals surface area contributed by atoms with Gasteiger partial charge in [0.25, 0.3) is 0 Å². The third-order valence-corrected chi connectivity index (χ3v) is 5.07. The van der Waals surface area contributed by atoms with Crippen molar-refractivity contribution >= 4 is 11.6 Å². The molecule has 2 aromatic carbocycles. The Morgan fingerprint density at radius 3 is 2.21 bits per heavy atom. The predicted molar refractivity (Wildman–Crippen MR) is 113 cm³/mol. The Balaban J connectivity index is 1.47. The van der Waals surface area contributed by atoms with Gasteiger partial charge in [-0.05, 0) is 29.8 Å². The minimum Gasteiger partial charge on any atom is -0.495 e. The third-order valence-electron chi connectivity index (χ3n) is 5.07. The summed E-state index contributed by atoms with van der Waals surface area (Å²) in [4.78, 5) is 17.0. The highest BCUT2D eigenvalue weighted by molar-refractivity contribution is 5.93. The third kappa shape index (κ3) is 5.62. The van der Waals surface area contributed by atoms with Crippen LogP contribution in [0.4, 0.5) is 5.69 Å². The zero-order chi connectivity index (χ0) is 20.6. The fraction of sp³-hybridized carbons (Fsp3) is 0.409. The lowest BCUT2D eigenvalue weighted by molar-refractivity contribution is -0.117. The summed E-state index contributed by atoms with van der Waals surface area (Å²) in [6.07, 6.45) is 0. The van der Waals surface area contributed by atoms with E-state index in [2.05, 4.69) is 21.2 Å². The van der Waals surface area contributed by atoms with Gasteiger partial charge in [-0.1, -0.05) is 18.2 Å². The largest absolute Gasteiger partial charge is 0.495 e. The summed E-state index contributed by atoms with van der Waals surface area (Å²) in [6.45, 7) is 4.76. The van der Waals surface area contributed by atoms with Crippen LogP contribution in [0.25, 0.3) is 0 Å². The van der Waals surface area contributed by atoms with Crippen molar-refractivity contribution in [1.29, 1.82) is 0 Å². The molecule has 0 unspecified atom stereocenters. The van der Waals surface area contributed by atoms with Crippen LogP contribution >= 0.6 is 0 Å². The molecule has 2 aromatic rings. The minimum atomic E-state index is -0.0251. The molecule has 0 bridgehead atoms. The number of rotatable bonds is 8. The highest BCUT2D eigenvalue weighted by atomic mass is 16.5. The van der Waals surface area contributed by atoms with Crippen LogP contribution in [-0.4, -0.2) is 69.8 Å². The van der Waals surface area contributed by atoms with Crippen LogP contribution in [-0.2, 0) is 11.3 Å². The van der Waals surface area contributed by atoms with Gasteiger partial charge in [0.15, 0.2) is 11.5 Å². The number of nitrogens with one attached hydrogen (secondary N) is 1. The van der Waals surface area contributed by atoms with E-state index < -0.39 is 0 Å². The van der Waals surface area contributed by atoms with Crippen LogP contribution in [0, 0.1) is 0 Å². The SMILES string of the molecule is COc1ccccc1NC(=O)CN1CCN(Cc2ccc(OC)c(OC)c2)CC1. The number of carbonyl (C=O) groups is 1. The first-order valence-corrected chi connectivity index (χ1v) is 9.71. The number of para-hydroxylation sites is 2. The van der Waals surface area contributed by atoms with Gasteiger partial charge >= 0.3 is 0 Å². The van der Waals surface area contributed by atoms with Crippen LogP contribution in [0.3, 0.4) is 0 Å². The van der Waals surface area contributed by atoms with Crippen molar-refractivity contribution in [3.8, 4) is 17.2 Å². The van der Waals surface area contributed by atoms with Gasteiger partial charge in [0.2, 0.25) is 5.91 Å². The molecule has 0 aromatic heterocycles. The molecule has 1 fully saturated rings. The van der Waals surface area contributed by atoms with E-state index in [1.807, 2.05) is 36.4 Å². The van der Waals surface area contributed by atoms with Crippen molar-refractivity contribution in [2.24, 2.45) is 0 Å². The molecule has 0 saturated carbocycles. The lowest BCUT2D eigenvalue weighted by atomic mass is 10.1. The normalized spacial score (nSPS) is 15.0. The van der Waals surface area contributed by atoms with Crippen molar-refractivity contribution in [3.05, 3.63) is 48.0 Å². The molecule has 7 nitrogen and oxygen atoms in total. The zero-order valence-electron chi connectivity index (χ0n) is 17.3. The number of methoxy groups -OCH3 is 3. The van der Waals surface area contributed by atoms with Gasteiger partial charge in [0, 0.05) is 32.7 Å². The average molecular weight is 399 g/mol. The fourth-order valence-electron chi connectivity index (χ4n) is 3.48. The highest BCUT2D eigenvalue weighted by Crippen LogP contribution is 2.28. The zero-order valence-corrected chi connectivity index (χ0v) is 17.3. The first kappa shape index (κ1) is 21.0. The van der Waals surface area contributed by atoms with Gasteiger partial charge in [0.05, 0.1) is 33.6 Å². The number of hydrogen-bond acceptors (Lipinski definition) is 6. The van der Waals surface area contributed by atoms with Gasteiger partial charge in [-0.25, -0.2) is 0 Å². The van der Waals surface area contributed by atoms with Gasteiger partial charge < -0.3 is 19.5 Å². The molecule has 1 heterocycles. The lowest BCUT2D eigenvalue weighted by Gasteiger charge is -2.34. The average Bonchev–Trinajstić information content (AvgIpc) is 2.75. The van der Waals surface area contributed by atoms with E-state index in [9.17, 15) is 4.79 Å². The van der Waals surface area contributed by atoms with E-state index in [-0.39, 0.29) is 5.91 Å². The number of benzene rings is 2. The van der Waals surface area contributed by atoms with Crippen LogP contribution < -0.4 is 19.5 Å². The second-order valence-electron chi connectivity index (χ2n) is 6.99. The standard InChI is InChI=1S/C22H29N3O4/c1-27-19-7-5-4-6-18(19)23-22(26)16-25-12-10-24(11-13-25)15-17-8-9-20(28-2)21(14-17)29-3/h4-9,14H,10-13,15-16H2,1-3H3,(H,23,26). The van der Waals surface area contributed by atoms with Gasteiger partial charge in [-0.2, -0.15) is 0 Å². The maximum atomic E-state index is 12.4. The summed E-state index contributed by atoms with van der Waals surface area (Å²) >= 11 is 0. The molecule has 0 radical (unpaired) electrons. The molecule has 1 aliphatic rings. The molecule has 7 heteroatoms. The molecule has 0 spiro atoms. The molecular weight excluding hydrogens is 370 g/mol. The van der Waals surface area contributed by atoms with E-state index in [0.717, 1.165) is 44.2 Å². The molecule has 1 amide bonds. The molecule has 1 N–H and O–H groups in total. The molecule has 29 heavy (non-hydrogen) atoms. The predicted octanol–water partition coefficient (Wildman–Crippen LogP) is 2.47. The van der Waals surface area contributed by atoms with Crippen molar-refractivity contribution in [2.45, 2.75) is 6.54 Å². The summed E-state index contributed by atoms with van der Waals surface area (Å²) in [5, 5.41) is 2.94. The summed E-state index contributed by atoms with van der Waals surface area (Å²) in [5.41, 5.74) is 1.89. The van der Waals surface area contributed by atoms with Gasteiger partial charge in [0.1, 0.15) is 5.75 Å². The topological polar surface area (TPSA) is 63.3 Å². The quantitative estimate of drug-likeness (QED) is 0.736. The number of hydrogen-bond donors (Lipinski definition) is 1. The van der Waals surface area contributed by atoms with Gasteiger partial charge in [-0.3, -0.25) is 14.6 Å². The molecule has 156 valence electrons. The van der Waals surface area contributed by atoms with Gasteiger partial charge in [-0.15, -0.1) is 0 Å². The number of anilines is 1. The van der Waals surface area contributed by atoms with E-state index in [4.69, 9.17) is 14.2 Å². The number of amides is 1. The molecular formula is C22H29N3O4. The van der Waals surface area contributed by atoms with Crippen LogP contribution in [0.5, 0.6) is 17.2 Å². The van der Waals surface area contributed by atoms with Crippen LogP contribution in [0.1, 0.15) is 5.56 Å². The summed E-state index contributed by atoms with van der Waals surface area (Å²) in [7, 11) is 4.89. The monoisotopic (exact) mass is 399 g/mol. The Morgan fingerprint density at radius 2 is 1.52 bits per heavy atom. The van der Waals surface area contributed by atoms with E-state index in [1.54, 1.807) is 21.3 Å².